The monoisotopic (exact) mass is 434 g/mol. The van der Waals surface area contributed by atoms with Crippen LogP contribution >= 0.6 is 0 Å². The van der Waals surface area contributed by atoms with Gasteiger partial charge in [-0.3, -0.25) is 4.79 Å². The van der Waals surface area contributed by atoms with E-state index in [1.807, 2.05) is 42.5 Å². The summed E-state index contributed by atoms with van der Waals surface area (Å²) in [6.45, 7) is 0.703. The first kappa shape index (κ1) is 20.6. The number of nitrogens with one attached hydrogen (secondary N) is 2. The number of alkyl carbamates (subject to hydrolysis) is 1. The van der Waals surface area contributed by atoms with E-state index in [0.717, 1.165) is 22.8 Å². The highest BCUT2D eigenvalue weighted by Gasteiger charge is 2.28. The van der Waals surface area contributed by atoms with Crippen molar-refractivity contribution in [1.29, 1.82) is 0 Å². The minimum Gasteiger partial charge on any atom is -0.449 e. The number of H-pyrrole nitrogens is 1. The third-order valence-corrected chi connectivity index (χ3v) is 5.94. The summed E-state index contributed by atoms with van der Waals surface area (Å²) in [6, 6.07) is 22.2. The molecule has 5 nitrogen and oxygen atoms in total. The molecule has 1 heterocycles. The molecule has 0 atom stereocenters. The van der Waals surface area contributed by atoms with Gasteiger partial charge in [0.25, 0.3) is 0 Å². The van der Waals surface area contributed by atoms with Crippen LogP contribution in [0.25, 0.3) is 22.0 Å². The highest BCUT2D eigenvalue weighted by atomic mass is 16.5. The van der Waals surface area contributed by atoms with E-state index in [1.54, 1.807) is 6.20 Å². The maximum absolute atomic E-state index is 12.2. The summed E-state index contributed by atoms with van der Waals surface area (Å²) in [6.07, 6.45) is 2.59. The highest BCUT2D eigenvalue weighted by Crippen LogP contribution is 2.44. The Labute approximate surface area is 191 Å². The SMILES string of the molecule is O=Cc1c[nH]c2cc(C#CCCNC(=O)OCC3c4ccccc4-c4ccccc43)ccc12. The van der Waals surface area contributed by atoms with Crippen molar-refractivity contribution >= 4 is 23.3 Å². The maximum Gasteiger partial charge on any atom is 0.407 e. The van der Waals surface area contributed by atoms with E-state index in [0.29, 0.717) is 25.1 Å². The summed E-state index contributed by atoms with van der Waals surface area (Å²) >= 11 is 0. The average Bonchev–Trinajstić information content (AvgIpc) is 3.41. The van der Waals surface area contributed by atoms with Crippen LogP contribution in [0.4, 0.5) is 4.79 Å². The number of aromatic amines is 1. The normalized spacial score (nSPS) is 11.9. The zero-order valence-corrected chi connectivity index (χ0v) is 17.9. The molecule has 4 aromatic rings. The van der Waals surface area contributed by atoms with E-state index in [1.165, 1.54) is 22.3 Å². The lowest BCUT2D eigenvalue weighted by Crippen LogP contribution is -2.26. The summed E-state index contributed by atoms with van der Waals surface area (Å²) in [7, 11) is 0. The quantitative estimate of drug-likeness (QED) is 0.256. The van der Waals surface area contributed by atoms with Gasteiger partial charge in [-0.05, 0) is 34.4 Å². The fourth-order valence-corrected chi connectivity index (χ4v) is 4.36. The van der Waals surface area contributed by atoms with E-state index in [4.69, 9.17) is 4.74 Å². The fourth-order valence-electron chi connectivity index (χ4n) is 4.36. The number of amides is 1. The molecule has 1 amide bonds. The summed E-state index contributed by atoms with van der Waals surface area (Å²) < 4.78 is 5.53. The molecule has 3 aromatic carbocycles. The molecule has 162 valence electrons. The number of rotatable bonds is 5. The Kier molecular flexibility index (Phi) is 5.65. The molecule has 1 aliphatic carbocycles. The first-order chi connectivity index (χ1) is 16.2. The lowest BCUT2D eigenvalue weighted by atomic mass is 9.98. The zero-order valence-electron chi connectivity index (χ0n) is 17.9. The Morgan fingerprint density at radius 2 is 1.76 bits per heavy atom. The third-order valence-electron chi connectivity index (χ3n) is 5.94. The van der Waals surface area contributed by atoms with Gasteiger partial charge in [0.2, 0.25) is 0 Å². The van der Waals surface area contributed by atoms with Crippen LogP contribution in [-0.2, 0) is 4.74 Å². The molecule has 0 fully saturated rings. The molecule has 0 spiro atoms. The van der Waals surface area contributed by atoms with Crippen LogP contribution in [0, 0.1) is 11.8 Å². The van der Waals surface area contributed by atoms with Gasteiger partial charge in [-0.15, -0.1) is 0 Å². The molecular formula is C28H22N2O3. The number of hydrogen-bond donors (Lipinski definition) is 2. The van der Waals surface area contributed by atoms with Crippen LogP contribution < -0.4 is 5.32 Å². The van der Waals surface area contributed by atoms with Gasteiger partial charge in [0.15, 0.2) is 6.29 Å². The molecule has 0 saturated carbocycles. The maximum atomic E-state index is 12.2. The number of ether oxygens (including phenoxy) is 1. The van der Waals surface area contributed by atoms with Crippen molar-refractivity contribution in [3.63, 3.8) is 0 Å². The number of aldehydes is 1. The van der Waals surface area contributed by atoms with Gasteiger partial charge >= 0.3 is 6.09 Å². The Morgan fingerprint density at radius 3 is 2.48 bits per heavy atom. The third kappa shape index (κ3) is 4.11. The lowest BCUT2D eigenvalue weighted by molar-refractivity contribution is 0.112. The highest BCUT2D eigenvalue weighted by molar-refractivity contribution is 5.97. The Hall–Kier alpha value is -4.30. The van der Waals surface area contributed by atoms with Gasteiger partial charge in [-0.2, -0.15) is 0 Å². The van der Waals surface area contributed by atoms with E-state index < -0.39 is 6.09 Å². The van der Waals surface area contributed by atoms with Crippen molar-refractivity contribution < 1.29 is 14.3 Å². The summed E-state index contributed by atoms with van der Waals surface area (Å²) in [5, 5.41) is 3.65. The Balaban J connectivity index is 1.13. The minimum atomic E-state index is -0.437. The molecule has 0 unspecified atom stereocenters. The average molecular weight is 434 g/mol. The van der Waals surface area contributed by atoms with Crippen molar-refractivity contribution in [3.05, 3.63) is 95.2 Å². The Morgan fingerprint density at radius 1 is 1.03 bits per heavy atom. The van der Waals surface area contributed by atoms with Crippen molar-refractivity contribution in [2.45, 2.75) is 12.3 Å². The fraction of sp³-hybridized carbons (Fsp3) is 0.143. The topological polar surface area (TPSA) is 71.2 Å². The number of benzene rings is 3. The van der Waals surface area contributed by atoms with Gasteiger partial charge in [-0.25, -0.2) is 4.79 Å². The predicted octanol–water partition coefficient (Wildman–Crippen LogP) is 5.26. The van der Waals surface area contributed by atoms with Crippen LogP contribution in [0.3, 0.4) is 0 Å². The van der Waals surface area contributed by atoms with E-state index in [9.17, 15) is 9.59 Å². The first-order valence-electron chi connectivity index (χ1n) is 10.9. The molecule has 5 heteroatoms. The number of carbonyl (C=O) groups excluding carboxylic acids is 2. The summed E-state index contributed by atoms with van der Waals surface area (Å²) in [5.41, 5.74) is 7.16. The second-order valence-electron chi connectivity index (χ2n) is 7.93. The van der Waals surface area contributed by atoms with Gasteiger partial charge in [0.05, 0.1) is 0 Å². The van der Waals surface area contributed by atoms with Gasteiger partial charge in [0.1, 0.15) is 6.61 Å². The van der Waals surface area contributed by atoms with Crippen LogP contribution in [0.1, 0.15) is 39.4 Å². The van der Waals surface area contributed by atoms with Gasteiger partial charge in [0, 0.05) is 47.1 Å². The second kappa shape index (κ2) is 9.05. The van der Waals surface area contributed by atoms with Crippen LogP contribution in [-0.4, -0.2) is 30.5 Å². The molecule has 1 aliphatic rings. The lowest BCUT2D eigenvalue weighted by Gasteiger charge is -2.14. The van der Waals surface area contributed by atoms with Crippen LogP contribution in [0.15, 0.2) is 72.9 Å². The van der Waals surface area contributed by atoms with E-state index in [-0.39, 0.29) is 5.92 Å². The summed E-state index contributed by atoms with van der Waals surface area (Å²) in [5.74, 6) is 6.19. The standard InChI is InChI=1S/C28H22N2O3/c31-17-20-16-30-27-15-19(12-13-21(20)27)7-5-6-14-29-28(32)33-18-26-24-10-3-1-8-22(24)23-9-2-4-11-25(23)26/h1-4,8-13,15-17,26,30H,6,14,18H2,(H,29,32). The molecule has 0 bridgehead atoms. The van der Waals surface area contributed by atoms with Crippen LogP contribution in [0.2, 0.25) is 0 Å². The van der Waals surface area contributed by atoms with Crippen molar-refractivity contribution in [1.82, 2.24) is 10.3 Å². The number of aromatic nitrogens is 1. The van der Waals surface area contributed by atoms with Crippen molar-refractivity contribution in [3.8, 4) is 23.0 Å². The minimum absolute atomic E-state index is 0.0468. The zero-order chi connectivity index (χ0) is 22.6. The molecule has 33 heavy (non-hydrogen) atoms. The molecule has 0 saturated heterocycles. The van der Waals surface area contributed by atoms with Crippen molar-refractivity contribution in [2.24, 2.45) is 0 Å². The molecule has 5 rings (SSSR count). The van der Waals surface area contributed by atoms with E-state index in [2.05, 4.69) is 46.4 Å². The van der Waals surface area contributed by atoms with Gasteiger partial charge in [-0.1, -0.05) is 66.4 Å². The molecule has 0 aliphatic heterocycles. The number of fused-ring (bicyclic) bond motifs is 4. The largest absolute Gasteiger partial charge is 0.449 e. The number of hydrogen-bond acceptors (Lipinski definition) is 3. The van der Waals surface area contributed by atoms with Crippen LogP contribution in [0.5, 0.6) is 0 Å². The summed E-state index contributed by atoms with van der Waals surface area (Å²) in [4.78, 5) is 26.3. The predicted molar refractivity (Wildman–Crippen MR) is 128 cm³/mol. The van der Waals surface area contributed by atoms with Crippen molar-refractivity contribution in [2.75, 3.05) is 13.2 Å². The first-order valence-corrected chi connectivity index (χ1v) is 10.9. The Bertz CT molecular complexity index is 1360. The molecular weight excluding hydrogens is 412 g/mol. The second-order valence-corrected chi connectivity index (χ2v) is 7.93. The molecule has 0 radical (unpaired) electrons. The van der Waals surface area contributed by atoms with Gasteiger partial charge < -0.3 is 15.0 Å². The molecule has 1 aromatic heterocycles. The smallest absolute Gasteiger partial charge is 0.407 e. The van der Waals surface area contributed by atoms with E-state index >= 15 is 0 Å². The number of carbonyl (C=O) groups is 2. The molecule has 2 N–H and O–H groups in total.